The molecule has 0 atom stereocenters. The predicted molar refractivity (Wildman–Crippen MR) is 112 cm³/mol. The lowest BCUT2D eigenvalue weighted by molar-refractivity contribution is -0.119. The molecule has 6 nitrogen and oxygen atoms in total. The Kier molecular flexibility index (Phi) is 7.06. The van der Waals surface area contributed by atoms with Gasteiger partial charge < -0.3 is 10.6 Å². The largest absolute Gasteiger partial charge is 0.325 e. The zero-order valence-electron chi connectivity index (χ0n) is 17.1. The summed E-state index contributed by atoms with van der Waals surface area (Å²) in [6, 6.07) is 10.8. The molecular weight excluding hydrogens is 354 g/mol. The van der Waals surface area contributed by atoms with E-state index in [-0.39, 0.29) is 30.7 Å². The highest BCUT2D eigenvalue weighted by Gasteiger charge is 2.13. The first-order chi connectivity index (χ1) is 13.2. The van der Waals surface area contributed by atoms with Crippen molar-refractivity contribution < 1.29 is 14.4 Å². The van der Waals surface area contributed by atoms with Crippen molar-refractivity contribution in [3.8, 4) is 0 Å². The van der Waals surface area contributed by atoms with Gasteiger partial charge in [0.1, 0.15) is 0 Å². The van der Waals surface area contributed by atoms with Gasteiger partial charge in [0, 0.05) is 16.9 Å². The number of carbonyl (C=O) groups is 3. The number of amides is 2. The highest BCUT2D eigenvalue weighted by atomic mass is 16.2. The third-order valence-electron chi connectivity index (χ3n) is 4.32. The van der Waals surface area contributed by atoms with E-state index in [1.54, 1.807) is 36.2 Å². The summed E-state index contributed by atoms with van der Waals surface area (Å²) in [7, 11) is 1.71. The van der Waals surface area contributed by atoms with Crippen LogP contribution in [0.15, 0.2) is 36.4 Å². The van der Waals surface area contributed by atoms with Gasteiger partial charge in [-0.3, -0.25) is 19.3 Å². The number of benzene rings is 2. The van der Waals surface area contributed by atoms with E-state index in [0.717, 1.165) is 22.4 Å². The van der Waals surface area contributed by atoms with Gasteiger partial charge in [0.05, 0.1) is 13.1 Å². The van der Waals surface area contributed by atoms with Crippen LogP contribution in [-0.2, 0) is 9.59 Å². The first-order valence-electron chi connectivity index (χ1n) is 9.13. The summed E-state index contributed by atoms with van der Waals surface area (Å²) >= 11 is 0. The maximum absolute atomic E-state index is 12.3. The van der Waals surface area contributed by atoms with E-state index < -0.39 is 0 Å². The van der Waals surface area contributed by atoms with Crippen molar-refractivity contribution >= 4 is 29.0 Å². The number of hydrogen-bond acceptors (Lipinski definition) is 4. The second kappa shape index (κ2) is 9.28. The molecule has 0 radical (unpaired) electrons. The first kappa shape index (κ1) is 21.3. The molecule has 0 aliphatic heterocycles. The minimum Gasteiger partial charge on any atom is -0.325 e. The standard InChI is InChI=1S/C22H27N3O3/c1-14-9-15(2)22(16(3)10-14)24-21(28)13-25(5)12-20(27)23-19-8-6-7-18(11-19)17(4)26/h6-11H,12-13H2,1-5H3,(H,23,27)(H,24,28). The molecule has 0 unspecified atom stereocenters. The molecule has 0 aromatic heterocycles. The summed E-state index contributed by atoms with van der Waals surface area (Å²) in [5.41, 5.74) is 5.08. The van der Waals surface area contributed by atoms with Crippen molar-refractivity contribution in [2.24, 2.45) is 0 Å². The van der Waals surface area contributed by atoms with E-state index in [0.29, 0.717) is 11.3 Å². The van der Waals surface area contributed by atoms with Crippen molar-refractivity contribution in [1.82, 2.24) is 4.90 Å². The van der Waals surface area contributed by atoms with E-state index in [1.807, 2.05) is 32.9 Å². The lowest BCUT2D eigenvalue weighted by Gasteiger charge is -2.18. The summed E-state index contributed by atoms with van der Waals surface area (Å²) < 4.78 is 0. The number of likely N-dealkylation sites (N-methyl/N-ethyl adjacent to an activating group) is 1. The Labute approximate surface area is 165 Å². The fourth-order valence-electron chi connectivity index (χ4n) is 3.12. The number of nitrogens with zero attached hydrogens (tertiary/aromatic N) is 1. The van der Waals surface area contributed by atoms with Crippen LogP contribution in [0.2, 0.25) is 0 Å². The molecule has 148 valence electrons. The van der Waals surface area contributed by atoms with Crippen molar-refractivity contribution in [2.45, 2.75) is 27.7 Å². The van der Waals surface area contributed by atoms with Gasteiger partial charge in [-0.05, 0) is 58.0 Å². The van der Waals surface area contributed by atoms with Crippen molar-refractivity contribution in [3.63, 3.8) is 0 Å². The van der Waals surface area contributed by atoms with Crippen LogP contribution in [0.4, 0.5) is 11.4 Å². The minimum absolute atomic E-state index is 0.0591. The van der Waals surface area contributed by atoms with Gasteiger partial charge in [0.2, 0.25) is 11.8 Å². The van der Waals surface area contributed by atoms with Gasteiger partial charge in [-0.25, -0.2) is 0 Å². The van der Waals surface area contributed by atoms with E-state index in [2.05, 4.69) is 10.6 Å². The van der Waals surface area contributed by atoms with Crippen LogP contribution in [0.25, 0.3) is 0 Å². The van der Waals surface area contributed by atoms with Gasteiger partial charge >= 0.3 is 0 Å². The molecule has 0 fully saturated rings. The van der Waals surface area contributed by atoms with Crippen molar-refractivity contribution in [3.05, 3.63) is 58.7 Å². The molecule has 2 aromatic rings. The van der Waals surface area contributed by atoms with Gasteiger partial charge in [-0.15, -0.1) is 0 Å². The molecule has 2 amide bonds. The lowest BCUT2D eigenvalue weighted by atomic mass is 10.1. The molecule has 0 saturated heterocycles. The maximum atomic E-state index is 12.3. The van der Waals surface area contributed by atoms with Crippen LogP contribution >= 0.6 is 0 Å². The molecule has 0 bridgehead atoms. The van der Waals surface area contributed by atoms with Crippen LogP contribution < -0.4 is 10.6 Å². The molecule has 2 aromatic carbocycles. The highest BCUT2D eigenvalue weighted by molar-refractivity contribution is 5.98. The second-order valence-electron chi connectivity index (χ2n) is 7.18. The van der Waals surface area contributed by atoms with Crippen LogP contribution in [0, 0.1) is 20.8 Å². The maximum Gasteiger partial charge on any atom is 0.238 e. The first-order valence-corrected chi connectivity index (χ1v) is 9.13. The molecule has 0 aliphatic rings. The van der Waals surface area contributed by atoms with E-state index in [4.69, 9.17) is 0 Å². The number of aryl methyl sites for hydroxylation is 3. The Morgan fingerprint density at radius 3 is 2.04 bits per heavy atom. The lowest BCUT2D eigenvalue weighted by Crippen LogP contribution is -2.36. The monoisotopic (exact) mass is 381 g/mol. The molecule has 0 spiro atoms. The normalized spacial score (nSPS) is 10.6. The van der Waals surface area contributed by atoms with Crippen molar-refractivity contribution in [2.75, 3.05) is 30.8 Å². The summed E-state index contributed by atoms with van der Waals surface area (Å²) in [6.07, 6.45) is 0. The molecule has 2 rings (SSSR count). The zero-order chi connectivity index (χ0) is 20.8. The third-order valence-corrected chi connectivity index (χ3v) is 4.32. The smallest absolute Gasteiger partial charge is 0.238 e. The molecule has 28 heavy (non-hydrogen) atoms. The van der Waals surface area contributed by atoms with Gasteiger partial charge in [0.25, 0.3) is 0 Å². The van der Waals surface area contributed by atoms with Crippen LogP contribution in [0.5, 0.6) is 0 Å². The van der Waals surface area contributed by atoms with Gasteiger partial charge in [-0.2, -0.15) is 0 Å². The van der Waals surface area contributed by atoms with Crippen LogP contribution in [-0.4, -0.2) is 42.6 Å². The zero-order valence-corrected chi connectivity index (χ0v) is 17.1. The van der Waals surface area contributed by atoms with Gasteiger partial charge in [0.15, 0.2) is 5.78 Å². The Hall–Kier alpha value is -2.99. The predicted octanol–water partition coefficient (Wildman–Crippen LogP) is 3.32. The number of ketones is 1. The molecule has 0 saturated carbocycles. The third kappa shape index (κ3) is 6.03. The SMILES string of the molecule is CC(=O)c1cccc(NC(=O)CN(C)CC(=O)Nc2c(C)cc(C)cc2C)c1. The van der Waals surface area contributed by atoms with E-state index in [1.165, 1.54) is 6.92 Å². The Morgan fingerprint density at radius 2 is 1.46 bits per heavy atom. The molecule has 6 heteroatoms. The molecular formula is C22H27N3O3. The number of carbonyl (C=O) groups excluding carboxylic acids is 3. The van der Waals surface area contributed by atoms with Crippen LogP contribution in [0.1, 0.15) is 34.0 Å². The highest BCUT2D eigenvalue weighted by Crippen LogP contribution is 2.21. The summed E-state index contributed by atoms with van der Waals surface area (Å²) in [6.45, 7) is 7.57. The fourth-order valence-corrected chi connectivity index (χ4v) is 3.12. The second-order valence-corrected chi connectivity index (χ2v) is 7.18. The van der Waals surface area contributed by atoms with Crippen LogP contribution in [0.3, 0.4) is 0 Å². The summed E-state index contributed by atoms with van der Waals surface area (Å²) in [5, 5.41) is 5.68. The number of Topliss-reactive ketones (excluding diaryl/α,β-unsaturated/α-hetero) is 1. The Balaban J connectivity index is 1.90. The average Bonchev–Trinajstić information content (AvgIpc) is 2.57. The minimum atomic E-state index is -0.251. The summed E-state index contributed by atoms with van der Waals surface area (Å²) in [4.78, 5) is 37.6. The number of nitrogens with one attached hydrogen (secondary N) is 2. The topological polar surface area (TPSA) is 78.5 Å². The van der Waals surface area contributed by atoms with Gasteiger partial charge in [-0.1, -0.05) is 29.8 Å². The molecule has 0 heterocycles. The van der Waals surface area contributed by atoms with E-state index >= 15 is 0 Å². The van der Waals surface area contributed by atoms with Crippen molar-refractivity contribution in [1.29, 1.82) is 0 Å². The summed E-state index contributed by atoms with van der Waals surface area (Å²) in [5.74, 6) is -0.491. The number of rotatable bonds is 7. The number of hydrogen-bond donors (Lipinski definition) is 2. The Morgan fingerprint density at radius 1 is 0.893 bits per heavy atom. The molecule has 2 N–H and O–H groups in total. The Bertz CT molecular complexity index is 883. The molecule has 0 aliphatic carbocycles. The fraction of sp³-hybridized carbons (Fsp3) is 0.318. The average molecular weight is 381 g/mol. The van der Waals surface area contributed by atoms with E-state index in [9.17, 15) is 14.4 Å². The number of anilines is 2. The quantitative estimate of drug-likeness (QED) is 0.721.